The molecule has 1 amide bonds. The van der Waals surface area contributed by atoms with E-state index in [0.717, 1.165) is 12.5 Å². The second kappa shape index (κ2) is 13.0. The Bertz CT molecular complexity index is 1770. The fourth-order valence-corrected chi connectivity index (χ4v) is 5.25. The zero-order valence-electron chi connectivity index (χ0n) is 26.0. The van der Waals surface area contributed by atoms with Crippen LogP contribution in [0.3, 0.4) is 0 Å². The van der Waals surface area contributed by atoms with Gasteiger partial charge in [-0.25, -0.2) is 13.6 Å². The minimum Gasteiger partial charge on any atom is -0.468 e. The highest BCUT2D eigenvalue weighted by atomic mass is 19.3. The van der Waals surface area contributed by atoms with Gasteiger partial charge in [0.25, 0.3) is 11.8 Å². The Morgan fingerprint density at radius 1 is 0.870 bits per heavy atom. The van der Waals surface area contributed by atoms with Crippen LogP contribution in [0.25, 0.3) is 0 Å². The van der Waals surface area contributed by atoms with Crippen molar-refractivity contribution in [3.63, 3.8) is 0 Å². The zero-order valence-corrected chi connectivity index (χ0v) is 26.0. The number of halogens is 2. The van der Waals surface area contributed by atoms with E-state index in [0.29, 0.717) is 16.8 Å². The number of carbonyl (C=O) groups excluding carboxylic acids is 3. The summed E-state index contributed by atoms with van der Waals surface area (Å²) in [5.41, 5.74) is 2.26. The number of carbonyl (C=O) groups is 3. The lowest BCUT2D eigenvalue weighted by molar-refractivity contribution is -0.152. The molecular formula is C36H33F2N3O5. The minimum absolute atomic E-state index is 0.0921. The highest BCUT2D eigenvalue weighted by molar-refractivity contribution is 6.21. The van der Waals surface area contributed by atoms with Crippen LogP contribution in [0.1, 0.15) is 77.1 Å². The van der Waals surface area contributed by atoms with Crippen LogP contribution < -0.4 is 4.90 Å². The molecule has 0 spiro atoms. The van der Waals surface area contributed by atoms with Crippen molar-refractivity contribution in [2.75, 3.05) is 12.0 Å². The standard InChI is InChI=1S/C36H33F2N3O5/c1-21(2)23-12-14-25(15-13-23)31(42)29-30(24-16-18-27(19-17-24)36(4,37)38)41(28-20-11-22(3)39-40-28)34(43)33(29)46-32(35(44)45-5)26-9-7-6-8-10-26/h6-21,30,32H,1-5H3/t30-,32+/m0/s1. The second-order valence-electron chi connectivity index (χ2n) is 11.4. The third kappa shape index (κ3) is 6.42. The van der Waals surface area contributed by atoms with Gasteiger partial charge in [-0.15, -0.1) is 5.10 Å². The number of hydrogen-bond acceptors (Lipinski definition) is 7. The van der Waals surface area contributed by atoms with Crippen LogP contribution in [-0.2, 0) is 25.0 Å². The van der Waals surface area contributed by atoms with Gasteiger partial charge in [-0.2, -0.15) is 5.10 Å². The predicted molar refractivity (Wildman–Crippen MR) is 167 cm³/mol. The number of aromatic nitrogens is 2. The lowest BCUT2D eigenvalue weighted by Gasteiger charge is -2.26. The Kier molecular flexibility index (Phi) is 9.09. The summed E-state index contributed by atoms with van der Waals surface area (Å²) in [4.78, 5) is 43.2. The summed E-state index contributed by atoms with van der Waals surface area (Å²) < 4.78 is 39.6. The van der Waals surface area contributed by atoms with Crippen LogP contribution in [0, 0.1) is 6.92 Å². The van der Waals surface area contributed by atoms with E-state index in [1.165, 1.54) is 36.3 Å². The van der Waals surface area contributed by atoms with Crippen LogP contribution >= 0.6 is 0 Å². The van der Waals surface area contributed by atoms with Gasteiger partial charge in [-0.3, -0.25) is 14.5 Å². The lowest BCUT2D eigenvalue weighted by Crippen LogP contribution is -2.32. The molecule has 3 aromatic carbocycles. The quantitative estimate of drug-likeness (QED) is 0.136. The highest BCUT2D eigenvalue weighted by Crippen LogP contribution is 2.44. The van der Waals surface area contributed by atoms with Gasteiger partial charge < -0.3 is 9.47 Å². The number of ketones is 1. The predicted octanol–water partition coefficient (Wildman–Crippen LogP) is 7.18. The molecule has 1 aromatic heterocycles. The molecule has 2 heterocycles. The summed E-state index contributed by atoms with van der Waals surface area (Å²) >= 11 is 0. The number of amides is 1. The number of esters is 1. The van der Waals surface area contributed by atoms with Crippen molar-refractivity contribution in [1.82, 2.24) is 10.2 Å². The molecule has 0 bridgehead atoms. The first-order chi connectivity index (χ1) is 21.9. The van der Waals surface area contributed by atoms with E-state index in [-0.39, 0.29) is 28.4 Å². The molecule has 0 aliphatic carbocycles. The van der Waals surface area contributed by atoms with Gasteiger partial charge in [-0.05, 0) is 36.1 Å². The molecule has 0 N–H and O–H groups in total. The summed E-state index contributed by atoms with van der Waals surface area (Å²) in [5.74, 6) is -5.31. The minimum atomic E-state index is -3.11. The van der Waals surface area contributed by atoms with Crippen molar-refractivity contribution >= 4 is 23.5 Å². The maximum atomic E-state index is 14.5. The largest absolute Gasteiger partial charge is 0.468 e. The maximum absolute atomic E-state index is 14.5. The molecule has 2 atom stereocenters. The number of anilines is 1. The van der Waals surface area contributed by atoms with Crippen LogP contribution in [-0.4, -0.2) is 35.0 Å². The van der Waals surface area contributed by atoms with Gasteiger partial charge in [0.1, 0.15) is 0 Å². The van der Waals surface area contributed by atoms with Gasteiger partial charge in [0.15, 0.2) is 17.4 Å². The summed E-state index contributed by atoms with van der Waals surface area (Å²) in [6.45, 7) is 6.56. The molecule has 0 fully saturated rings. The van der Waals surface area contributed by atoms with Crippen molar-refractivity contribution in [3.8, 4) is 0 Å². The molecule has 1 aliphatic heterocycles. The van der Waals surface area contributed by atoms with E-state index in [9.17, 15) is 23.2 Å². The summed E-state index contributed by atoms with van der Waals surface area (Å²) in [6, 6.07) is 22.8. The summed E-state index contributed by atoms with van der Waals surface area (Å²) in [6.07, 6.45) is -1.40. The fraction of sp³-hybridized carbons (Fsp3) is 0.250. The van der Waals surface area contributed by atoms with Crippen molar-refractivity contribution in [2.24, 2.45) is 0 Å². The zero-order chi connectivity index (χ0) is 33.2. The topological polar surface area (TPSA) is 98.7 Å². The van der Waals surface area contributed by atoms with E-state index in [4.69, 9.17) is 9.47 Å². The third-order valence-corrected chi connectivity index (χ3v) is 7.79. The fourth-order valence-electron chi connectivity index (χ4n) is 5.25. The van der Waals surface area contributed by atoms with E-state index in [2.05, 4.69) is 10.2 Å². The second-order valence-corrected chi connectivity index (χ2v) is 11.4. The molecule has 10 heteroatoms. The molecule has 1 aliphatic rings. The molecule has 0 unspecified atom stereocenters. The van der Waals surface area contributed by atoms with E-state index < -0.39 is 41.5 Å². The number of aryl methyl sites for hydroxylation is 1. The Morgan fingerprint density at radius 2 is 1.52 bits per heavy atom. The smallest absolute Gasteiger partial charge is 0.351 e. The molecule has 236 valence electrons. The van der Waals surface area contributed by atoms with Gasteiger partial charge in [0, 0.05) is 23.6 Å². The Labute approximate surface area is 265 Å². The number of nitrogens with zero attached hydrogens (tertiary/aromatic N) is 3. The Balaban J connectivity index is 1.74. The molecule has 0 saturated carbocycles. The number of hydrogen-bond donors (Lipinski definition) is 0. The first kappa shape index (κ1) is 32.2. The van der Waals surface area contributed by atoms with Crippen molar-refractivity contribution in [3.05, 3.63) is 136 Å². The number of rotatable bonds is 10. The monoisotopic (exact) mass is 625 g/mol. The Hall–Kier alpha value is -5.25. The van der Waals surface area contributed by atoms with E-state index in [1.54, 1.807) is 61.5 Å². The molecule has 5 rings (SSSR count). The van der Waals surface area contributed by atoms with Gasteiger partial charge >= 0.3 is 5.97 Å². The average molecular weight is 626 g/mol. The van der Waals surface area contributed by atoms with Crippen molar-refractivity contribution < 1.29 is 32.6 Å². The number of benzene rings is 3. The van der Waals surface area contributed by atoms with Crippen molar-refractivity contribution in [2.45, 2.75) is 51.7 Å². The summed E-state index contributed by atoms with van der Waals surface area (Å²) in [7, 11) is 1.19. The van der Waals surface area contributed by atoms with E-state index in [1.807, 2.05) is 26.0 Å². The number of methoxy groups -OCH3 is 1. The lowest BCUT2D eigenvalue weighted by atomic mass is 9.91. The number of alkyl halides is 2. The molecule has 8 nitrogen and oxygen atoms in total. The highest BCUT2D eigenvalue weighted by Gasteiger charge is 2.48. The first-order valence-electron chi connectivity index (χ1n) is 14.7. The van der Waals surface area contributed by atoms with Crippen LogP contribution in [0.2, 0.25) is 0 Å². The first-order valence-corrected chi connectivity index (χ1v) is 14.7. The number of ether oxygens (including phenoxy) is 2. The van der Waals surface area contributed by atoms with Crippen molar-refractivity contribution in [1.29, 1.82) is 0 Å². The van der Waals surface area contributed by atoms with Gasteiger partial charge in [0.05, 0.1) is 24.4 Å². The van der Waals surface area contributed by atoms with E-state index >= 15 is 0 Å². The molecule has 0 saturated heterocycles. The third-order valence-electron chi connectivity index (χ3n) is 7.79. The van der Waals surface area contributed by atoms with Gasteiger partial charge in [0.2, 0.25) is 6.10 Å². The van der Waals surface area contributed by atoms with Crippen LogP contribution in [0.4, 0.5) is 14.6 Å². The molecule has 0 radical (unpaired) electrons. The molecule has 4 aromatic rings. The molecular weight excluding hydrogens is 592 g/mol. The van der Waals surface area contributed by atoms with Crippen LogP contribution in [0.15, 0.2) is 102 Å². The summed E-state index contributed by atoms with van der Waals surface area (Å²) in [5, 5.41) is 8.31. The Morgan fingerprint density at radius 3 is 2.07 bits per heavy atom. The average Bonchev–Trinajstić information content (AvgIpc) is 3.34. The van der Waals surface area contributed by atoms with Crippen LogP contribution in [0.5, 0.6) is 0 Å². The maximum Gasteiger partial charge on any atom is 0.351 e. The molecule has 46 heavy (non-hydrogen) atoms. The normalized spacial score (nSPS) is 15.7. The van der Waals surface area contributed by atoms with Gasteiger partial charge in [-0.1, -0.05) is 92.7 Å². The SMILES string of the molecule is COC(=O)[C@H](OC1=C(C(=O)c2ccc(C(C)C)cc2)[C@H](c2ccc(C(C)(F)F)cc2)N(c2ccc(C)nn2)C1=O)c1ccccc1. The number of Topliss-reactive ketones (excluding diaryl/α,β-unsaturated/α-hetero) is 1.